The zero-order valence-electron chi connectivity index (χ0n) is 18.2. The van der Waals surface area contributed by atoms with Crippen molar-refractivity contribution in [1.82, 2.24) is 9.88 Å². The summed E-state index contributed by atoms with van der Waals surface area (Å²) in [6.45, 7) is 8.28. The number of amides is 1. The van der Waals surface area contributed by atoms with E-state index in [-0.39, 0.29) is 6.09 Å². The summed E-state index contributed by atoms with van der Waals surface area (Å²) in [5, 5.41) is 0. The Morgan fingerprint density at radius 3 is 2.97 bits per heavy atom. The van der Waals surface area contributed by atoms with Gasteiger partial charge in [0.1, 0.15) is 5.76 Å². The molecule has 0 unspecified atom stereocenters. The van der Waals surface area contributed by atoms with Crippen molar-refractivity contribution in [2.24, 2.45) is 0 Å². The van der Waals surface area contributed by atoms with Gasteiger partial charge in [-0.05, 0) is 69.4 Å². The number of fused-ring (bicyclic) bond motifs is 3. The van der Waals surface area contributed by atoms with Gasteiger partial charge in [-0.3, -0.25) is 4.98 Å². The monoisotopic (exact) mass is 405 g/mol. The van der Waals surface area contributed by atoms with E-state index in [2.05, 4.69) is 41.1 Å². The minimum absolute atomic E-state index is 0.228. The number of rotatable bonds is 4. The summed E-state index contributed by atoms with van der Waals surface area (Å²) in [5.41, 5.74) is 5.22. The van der Waals surface area contributed by atoms with Crippen LogP contribution in [0.5, 0.6) is 0 Å². The number of carbonyl (C=O) groups excluding carboxylic acids is 1. The summed E-state index contributed by atoms with van der Waals surface area (Å²) in [4.78, 5) is 21.4. The molecule has 2 atom stereocenters. The second kappa shape index (κ2) is 8.90. The van der Waals surface area contributed by atoms with E-state index in [1.54, 1.807) is 0 Å². The summed E-state index contributed by atoms with van der Waals surface area (Å²) >= 11 is 0. The fraction of sp³-hybridized carbons (Fsp3) is 0.440. The van der Waals surface area contributed by atoms with Crippen molar-refractivity contribution in [2.75, 3.05) is 24.5 Å². The highest BCUT2D eigenvalue weighted by Gasteiger charge is 2.41. The van der Waals surface area contributed by atoms with Crippen molar-refractivity contribution in [3.63, 3.8) is 0 Å². The third-order valence-corrected chi connectivity index (χ3v) is 6.38. The summed E-state index contributed by atoms with van der Waals surface area (Å²) in [7, 11) is 0. The van der Waals surface area contributed by atoms with E-state index in [1.807, 2.05) is 43.3 Å². The van der Waals surface area contributed by atoms with Crippen LogP contribution in [0.4, 0.5) is 10.5 Å². The number of pyridine rings is 1. The van der Waals surface area contributed by atoms with Crippen molar-refractivity contribution in [3.8, 4) is 0 Å². The molecular weight excluding hydrogens is 374 g/mol. The molecule has 0 bridgehead atoms. The molecule has 0 aliphatic carbocycles. The maximum atomic E-state index is 12.7. The lowest BCUT2D eigenvalue weighted by atomic mass is 9.92. The third kappa shape index (κ3) is 4.20. The van der Waals surface area contributed by atoms with Gasteiger partial charge in [-0.2, -0.15) is 0 Å². The molecule has 1 aromatic heterocycles. The van der Waals surface area contributed by atoms with Crippen LogP contribution in [0.2, 0.25) is 0 Å². The lowest BCUT2D eigenvalue weighted by Crippen LogP contribution is -2.39. The van der Waals surface area contributed by atoms with Gasteiger partial charge in [-0.1, -0.05) is 23.8 Å². The minimum atomic E-state index is -0.228. The Hall–Kier alpha value is -2.82. The molecule has 2 aliphatic rings. The van der Waals surface area contributed by atoms with Gasteiger partial charge in [0.25, 0.3) is 0 Å². The molecule has 5 nitrogen and oxygen atoms in total. The molecule has 1 saturated heterocycles. The van der Waals surface area contributed by atoms with Crippen LogP contribution in [0.3, 0.4) is 0 Å². The molecule has 4 rings (SSSR count). The van der Waals surface area contributed by atoms with E-state index in [0.717, 1.165) is 32.4 Å². The topological polar surface area (TPSA) is 45.7 Å². The van der Waals surface area contributed by atoms with Crippen LogP contribution in [0.25, 0.3) is 0 Å². The van der Waals surface area contributed by atoms with Crippen molar-refractivity contribution >= 4 is 11.8 Å². The second-order valence-electron chi connectivity index (χ2n) is 8.40. The van der Waals surface area contributed by atoms with Gasteiger partial charge in [0.15, 0.2) is 0 Å². The van der Waals surface area contributed by atoms with Gasteiger partial charge in [0, 0.05) is 49.7 Å². The number of hydrogen-bond donors (Lipinski definition) is 0. The number of benzene rings is 1. The lowest BCUT2D eigenvalue weighted by molar-refractivity contribution is 0.128. The highest BCUT2D eigenvalue weighted by atomic mass is 16.6. The van der Waals surface area contributed by atoms with E-state index < -0.39 is 0 Å². The SMILES string of the molecule is C/C=C(\C)OC(=O)N1CCC[C@H]2[C@@H](C1)c1cc(C)ccc1N2CCc1cccnc1. The first-order valence-corrected chi connectivity index (χ1v) is 10.9. The van der Waals surface area contributed by atoms with Gasteiger partial charge in [0.05, 0.1) is 0 Å². The van der Waals surface area contributed by atoms with Crippen LogP contribution < -0.4 is 4.90 Å². The zero-order valence-corrected chi connectivity index (χ0v) is 18.2. The molecule has 0 saturated carbocycles. The number of anilines is 1. The summed E-state index contributed by atoms with van der Waals surface area (Å²) in [6, 6.07) is 11.3. The van der Waals surface area contributed by atoms with Gasteiger partial charge >= 0.3 is 6.09 Å². The molecule has 2 aliphatic heterocycles. The second-order valence-corrected chi connectivity index (χ2v) is 8.40. The standard InChI is InChI=1S/C25H31N3O2/c1-4-19(3)30-25(29)27-13-6-8-23-22(17-27)21-15-18(2)9-10-24(21)28(23)14-11-20-7-5-12-26-16-20/h4-5,7,9-10,12,15-16,22-23H,6,8,11,13-14,17H2,1-3H3/b19-4+/t22-,23-/m0/s1. The van der Waals surface area contributed by atoms with E-state index >= 15 is 0 Å². The summed E-state index contributed by atoms with van der Waals surface area (Å²) in [5.74, 6) is 0.969. The average Bonchev–Trinajstić information content (AvgIpc) is 2.90. The molecule has 30 heavy (non-hydrogen) atoms. The molecule has 0 N–H and O–H groups in total. The third-order valence-electron chi connectivity index (χ3n) is 6.38. The highest BCUT2D eigenvalue weighted by Crippen LogP contribution is 2.44. The number of aryl methyl sites for hydroxylation is 1. The Kier molecular flexibility index (Phi) is 6.07. The quantitative estimate of drug-likeness (QED) is 0.667. The van der Waals surface area contributed by atoms with Crippen LogP contribution in [0.1, 0.15) is 49.3 Å². The number of hydrogen-bond acceptors (Lipinski definition) is 4. The predicted octanol–water partition coefficient (Wildman–Crippen LogP) is 5.06. The maximum absolute atomic E-state index is 12.7. The molecule has 5 heteroatoms. The van der Waals surface area contributed by atoms with Gasteiger partial charge in [0.2, 0.25) is 0 Å². The molecule has 1 amide bonds. The molecule has 1 fully saturated rings. The Morgan fingerprint density at radius 1 is 1.33 bits per heavy atom. The zero-order chi connectivity index (χ0) is 21.1. The first-order valence-electron chi connectivity index (χ1n) is 10.9. The fourth-order valence-electron chi connectivity index (χ4n) is 4.74. The van der Waals surface area contributed by atoms with Crippen molar-refractivity contribution in [1.29, 1.82) is 0 Å². The largest absolute Gasteiger partial charge is 0.415 e. The molecule has 158 valence electrons. The highest BCUT2D eigenvalue weighted by molar-refractivity contribution is 5.70. The van der Waals surface area contributed by atoms with Crippen molar-refractivity contribution in [3.05, 3.63) is 71.3 Å². The number of allylic oxidation sites excluding steroid dienone is 2. The molecule has 1 aromatic carbocycles. The normalized spacial score (nSPS) is 21.1. The van der Waals surface area contributed by atoms with Crippen LogP contribution in [-0.4, -0.2) is 41.7 Å². The van der Waals surface area contributed by atoms with Gasteiger partial charge < -0.3 is 14.5 Å². The maximum Gasteiger partial charge on any atom is 0.414 e. The van der Waals surface area contributed by atoms with E-state index in [4.69, 9.17) is 4.74 Å². The fourth-order valence-corrected chi connectivity index (χ4v) is 4.74. The lowest BCUT2D eigenvalue weighted by Gasteiger charge is -2.30. The van der Waals surface area contributed by atoms with E-state index in [0.29, 0.717) is 24.3 Å². The van der Waals surface area contributed by atoms with E-state index in [1.165, 1.54) is 22.4 Å². The first kappa shape index (κ1) is 20.5. The van der Waals surface area contributed by atoms with Crippen molar-refractivity contribution in [2.45, 2.75) is 52.0 Å². The molecule has 0 spiro atoms. The number of carbonyl (C=O) groups is 1. The van der Waals surface area contributed by atoms with Gasteiger partial charge in [-0.25, -0.2) is 4.79 Å². The smallest absolute Gasteiger partial charge is 0.414 e. The van der Waals surface area contributed by atoms with Crippen LogP contribution in [0, 0.1) is 6.92 Å². The number of ether oxygens (including phenoxy) is 1. The molecule has 3 heterocycles. The van der Waals surface area contributed by atoms with Crippen LogP contribution in [-0.2, 0) is 11.2 Å². The number of aromatic nitrogens is 1. The summed E-state index contributed by atoms with van der Waals surface area (Å²) < 4.78 is 5.51. The Labute approximate surface area is 179 Å². The molecule has 0 radical (unpaired) electrons. The van der Waals surface area contributed by atoms with E-state index in [9.17, 15) is 4.79 Å². The average molecular weight is 406 g/mol. The van der Waals surface area contributed by atoms with Gasteiger partial charge in [-0.15, -0.1) is 0 Å². The summed E-state index contributed by atoms with van der Waals surface area (Å²) in [6.07, 6.45) is 8.41. The van der Waals surface area contributed by atoms with Crippen molar-refractivity contribution < 1.29 is 9.53 Å². The number of likely N-dealkylation sites (tertiary alicyclic amines) is 1. The molecule has 2 aromatic rings. The predicted molar refractivity (Wildman–Crippen MR) is 120 cm³/mol. The Morgan fingerprint density at radius 2 is 2.20 bits per heavy atom. The number of nitrogens with zero attached hydrogens (tertiary/aromatic N) is 3. The Bertz CT molecular complexity index is 925. The Balaban J connectivity index is 1.58. The first-order chi connectivity index (χ1) is 14.6. The van der Waals surface area contributed by atoms with Crippen LogP contribution in [0.15, 0.2) is 54.6 Å². The van der Waals surface area contributed by atoms with Crippen LogP contribution >= 0.6 is 0 Å². The minimum Gasteiger partial charge on any atom is -0.415 e. The molecular formula is C25H31N3O2.